The average Bonchev–Trinajstić information content (AvgIpc) is 3.26. The lowest BCUT2D eigenvalue weighted by atomic mass is 10.0. The summed E-state index contributed by atoms with van der Waals surface area (Å²) in [5, 5.41) is 5.93. The smallest absolute Gasteiger partial charge is 0.252 e. The van der Waals surface area contributed by atoms with Crippen LogP contribution in [0.4, 0.5) is 0 Å². The first kappa shape index (κ1) is 15.9. The molecule has 3 aromatic rings. The quantitative estimate of drug-likeness (QED) is 0.678. The SMILES string of the molecule is CCc1ccc(S(=O)(=O)N2CC(c3nc(-c4cccs4)no3)C2)s1. The second-order valence-corrected chi connectivity index (χ2v) is 9.81. The molecule has 3 aromatic heterocycles. The molecule has 6 nitrogen and oxygen atoms in total. The van der Waals surface area contributed by atoms with Gasteiger partial charge in [-0.05, 0) is 30.0 Å². The predicted octanol–water partition coefficient (Wildman–Crippen LogP) is 3.21. The molecule has 0 aromatic carbocycles. The summed E-state index contributed by atoms with van der Waals surface area (Å²) < 4.78 is 32.4. The van der Waals surface area contributed by atoms with Crippen LogP contribution in [0.2, 0.25) is 0 Å². The molecular formula is C15H15N3O3S3. The Bertz CT molecular complexity index is 938. The van der Waals surface area contributed by atoms with Gasteiger partial charge in [0.1, 0.15) is 4.21 Å². The van der Waals surface area contributed by atoms with Crippen LogP contribution >= 0.6 is 22.7 Å². The fraction of sp³-hybridized carbons (Fsp3) is 0.333. The molecule has 0 N–H and O–H groups in total. The Labute approximate surface area is 147 Å². The van der Waals surface area contributed by atoms with Crippen molar-refractivity contribution in [3.63, 3.8) is 0 Å². The molecule has 1 aliphatic heterocycles. The topological polar surface area (TPSA) is 76.3 Å². The van der Waals surface area contributed by atoms with E-state index in [2.05, 4.69) is 10.1 Å². The third-order valence-electron chi connectivity index (χ3n) is 3.96. The van der Waals surface area contributed by atoms with Crippen LogP contribution in [0, 0.1) is 0 Å². The van der Waals surface area contributed by atoms with Gasteiger partial charge in [-0.3, -0.25) is 0 Å². The highest BCUT2D eigenvalue weighted by molar-refractivity contribution is 7.91. The Morgan fingerprint density at radius 1 is 1.33 bits per heavy atom. The number of aryl methyl sites for hydroxylation is 1. The summed E-state index contributed by atoms with van der Waals surface area (Å²) in [7, 11) is -3.40. The lowest BCUT2D eigenvalue weighted by Gasteiger charge is -2.35. The maximum Gasteiger partial charge on any atom is 0.252 e. The number of hydrogen-bond acceptors (Lipinski definition) is 7. The van der Waals surface area contributed by atoms with Crippen molar-refractivity contribution in [1.82, 2.24) is 14.4 Å². The number of hydrogen-bond donors (Lipinski definition) is 0. The monoisotopic (exact) mass is 381 g/mol. The minimum atomic E-state index is -3.40. The van der Waals surface area contributed by atoms with Crippen LogP contribution in [0.3, 0.4) is 0 Å². The van der Waals surface area contributed by atoms with Crippen molar-refractivity contribution in [3.8, 4) is 10.7 Å². The van der Waals surface area contributed by atoms with Crippen molar-refractivity contribution in [3.05, 3.63) is 40.4 Å². The zero-order valence-corrected chi connectivity index (χ0v) is 15.3. The first-order valence-corrected chi connectivity index (χ1v) is 10.7. The summed E-state index contributed by atoms with van der Waals surface area (Å²) >= 11 is 2.88. The van der Waals surface area contributed by atoms with E-state index in [1.165, 1.54) is 15.6 Å². The first-order valence-electron chi connectivity index (χ1n) is 7.54. The van der Waals surface area contributed by atoms with E-state index < -0.39 is 10.0 Å². The zero-order chi connectivity index (χ0) is 16.7. The Hall–Kier alpha value is -1.55. The van der Waals surface area contributed by atoms with E-state index in [0.29, 0.717) is 29.0 Å². The van der Waals surface area contributed by atoms with E-state index in [4.69, 9.17) is 4.52 Å². The minimum absolute atomic E-state index is 0.0356. The maximum absolute atomic E-state index is 12.6. The van der Waals surface area contributed by atoms with Gasteiger partial charge in [0.15, 0.2) is 0 Å². The molecule has 0 amide bonds. The molecule has 0 spiro atoms. The molecule has 1 fully saturated rings. The summed E-state index contributed by atoms with van der Waals surface area (Å²) in [4.78, 5) is 6.41. The second kappa shape index (κ2) is 6.07. The summed E-state index contributed by atoms with van der Waals surface area (Å²) in [5.74, 6) is 1.03. The van der Waals surface area contributed by atoms with Crippen molar-refractivity contribution >= 4 is 32.7 Å². The third kappa shape index (κ3) is 2.71. The van der Waals surface area contributed by atoms with Crippen LogP contribution < -0.4 is 0 Å². The lowest BCUT2D eigenvalue weighted by molar-refractivity contribution is 0.217. The largest absolute Gasteiger partial charge is 0.339 e. The van der Waals surface area contributed by atoms with Gasteiger partial charge in [0.05, 0.1) is 10.8 Å². The fourth-order valence-electron chi connectivity index (χ4n) is 2.51. The van der Waals surface area contributed by atoms with Gasteiger partial charge in [-0.15, -0.1) is 22.7 Å². The van der Waals surface area contributed by atoms with Gasteiger partial charge in [-0.25, -0.2) is 8.42 Å². The van der Waals surface area contributed by atoms with Gasteiger partial charge in [0, 0.05) is 18.0 Å². The van der Waals surface area contributed by atoms with Crippen molar-refractivity contribution in [2.45, 2.75) is 23.5 Å². The molecule has 1 aliphatic rings. The average molecular weight is 382 g/mol. The lowest BCUT2D eigenvalue weighted by Crippen LogP contribution is -2.48. The predicted molar refractivity (Wildman–Crippen MR) is 92.8 cm³/mol. The molecule has 0 saturated carbocycles. The molecule has 24 heavy (non-hydrogen) atoms. The normalized spacial score (nSPS) is 16.4. The van der Waals surface area contributed by atoms with Crippen molar-refractivity contribution < 1.29 is 12.9 Å². The molecule has 0 atom stereocenters. The van der Waals surface area contributed by atoms with E-state index in [0.717, 1.165) is 16.2 Å². The summed E-state index contributed by atoms with van der Waals surface area (Å²) in [6.07, 6.45) is 0.844. The van der Waals surface area contributed by atoms with Crippen LogP contribution in [-0.2, 0) is 16.4 Å². The highest BCUT2D eigenvalue weighted by Crippen LogP contribution is 2.34. The second-order valence-electron chi connectivity index (χ2n) is 5.53. The van der Waals surface area contributed by atoms with Crippen LogP contribution in [0.1, 0.15) is 23.6 Å². The standard InChI is InChI=1S/C15H15N3O3S3/c1-2-11-5-6-13(23-11)24(19,20)18-8-10(9-18)15-16-14(17-21-15)12-4-3-7-22-12/h3-7,10H,2,8-9H2,1H3. The van der Waals surface area contributed by atoms with E-state index in [-0.39, 0.29) is 5.92 Å². The molecule has 0 bridgehead atoms. The number of nitrogens with zero attached hydrogens (tertiary/aromatic N) is 3. The maximum atomic E-state index is 12.6. The van der Waals surface area contributed by atoms with Crippen LogP contribution in [0.15, 0.2) is 38.4 Å². The molecular weight excluding hydrogens is 366 g/mol. The molecule has 9 heteroatoms. The molecule has 1 saturated heterocycles. The van der Waals surface area contributed by atoms with Crippen LogP contribution in [0.25, 0.3) is 10.7 Å². The van der Waals surface area contributed by atoms with Crippen LogP contribution in [0.5, 0.6) is 0 Å². The minimum Gasteiger partial charge on any atom is -0.339 e. The summed E-state index contributed by atoms with van der Waals surface area (Å²) in [5.41, 5.74) is 0. The zero-order valence-electron chi connectivity index (χ0n) is 12.9. The summed E-state index contributed by atoms with van der Waals surface area (Å²) in [6, 6.07) is 7.42. The fourth-order valence-corrected chi connectivity index (χ4v) is 6.14. The van der Waals surface area contributed by atoms with E-state index in [1.807, 2.05) is 30.5 Å². The highest BCUT2D eigenvalue weighted by atomic mass is 32.2. The van der Waals surface area contributed by atoms with E-state index >= 15 is 0 Å². The van der Waals surface area contributed by atoms with Gasteiger partial charge in [0.25, 0.3) is 10.0 Å². The van der Waals surface area contributed by atoms with Gasteiger partial charge < -0.3 is 4.52 Å². The number of aromatic nitrogens is 2. The molecule has 4 rings (SSSR count). The number of sulfonamides is 1. The molecule has 0 unspecified atom stereocenters. The molecule has 0 aliphatic carbocycles. The van der Waals surface area contributed by atoms with Gasteiger partial charge >= 0.3 is 0 Å². The first-order chi connectivity index (χ1) is 11.6. The van der Waals surface area contributed by atoms with Gasteiger partial charge in [-0.1, -0.05) is 18.1 Å². The number of thiophene rings is 2. The van der Waals surface area contributed by atoms with E-state index in [9.17, 15) is 8.42 Å². The third-order valence-corrected chi connectivity index (χ3v) is 8.35. The molecule has 126 valence electrons. The molecule has 0 radical (unpaired) electrons. The van der Waals surface area contributed by atoms with Gasteiger partial charge in [-0.2, -0.15) is 9.29 Å². The van der Waals surface area contributed by atoms with E-state index in [1.54, 1.807) is 17.4 Å². The Kier molecular flexibility index (Phi) is 4.03. The Morgan fingerprint density at radius 2 is 2.17 bits per heavy atom. The Balaban J connectivity index is 1.46. The highest BCUT2D eigenvalue weighted by Gasteiger charge is 2.41. The molecule has 4 heterocycles. The Morgan fingerprint density at radius 3 is 2.83 bits per heavy atom. The summed E-state index contributed by atoms with van der Waals surface area (Å²) in [6.45, 7) is 2.78. The van der Waals surface area contributed by atoms with Crippen molar-refractivity contribution in [1.29, 1.82) is 0 Å². The van der Waals surface area contributed by atoms with Gasteiger partial charge in [0.2, 0.25) is 11.7 Å². The van der Waals surface area contributed by atoms with Crippen molar-refractivity contribution in [2.75, 3.05) is 13.1 Å². The number of rotatable bonds is 5. The van der Waals surface area contributed by atoms with Crippen molar-refractivity contribution in [2.24, 2.45) is 0 Å². The van der Waals surface area contributed by atoms with Crippen LogP contribution in [-0.4, -0.2) is 36.0 Å².